The van der Waals surface area contributed by atoms with E-state index in [4.69, 9.17) is 17.3 Å². The second-order valence-electron chi connectivity index (χ2n) is 4.89. The molecule has 1 aromatic carbocycles. The number of nitrogens with two attached hydrogens (primary N) is 1. The highest BCUT2D eigenvalue weighted by Gasteiger charge is 2.28. The SMILES string of the molecule is CC1CCN(c2cc(Cl)c(F)cc2[N+](=O)[O-])CC1N. The first-order chi connectivity index (χ1) is 8.90. The van der Waals surface area contributed by atoms with Crippen molar-refractivity contribution < 1.29 is 9.31 Å². The summed E-state index contributed by atoms with van der Waals surface area (Å²) in [4.78, 5) is 12.2. The van der Waals surface area contributed by atoms with Crippen LogP contribution in [0.3, 0.4) is 0 Å². The molecule has 104 valence electrons. The Morgan fingerprint density at radius 1 is 1.58 bits per heavy atom. The summed E-state index contributed by atoms with van der Waals surface area (Å²) < 4.78 is 13.3. The Balaban J connectivity index is 2.38. The first-order valence-electron chi connectivity index (χ1n) is 6.04. The van der Waals surface area contributed by atoms with Gasteiger partial charge < -0.3 is 10.6 Å². The van der Waals surface area contributed by atoms with Crippen molar-refractivity contribution in [2.75, 3.05) is 18.0 Å². The van der Waals surface area contributed by atoms with Gasteiger partial charge in [0.2, 0.25) is 0 Å². The molecule has 0 spiro atoms. The van der Waals surface area contributed by atoms with Crippen molar-refractivity contribution in [3.05, 3.63) is 33.1 Å². The summed E-state index contributed by atoms with van der Waals surface area (Å²) in [6, 6.07) is 2.11. The summed E-state index contributed by atoms with van der Waals surface area (Å²) in [7, 11) is 0. The third-order valence-corrected chi connectivity index (χ3v) is 3.86. The molecule has 0 bridgehead atoms. The smallest absolute Gasteiger partial charge is 0.295 e. The van der Waals surface area contributed by atoms with Crippen LogP contribution < -0.4 is 10.6 Å². The summed E-state index contributed by atoms with van der Waals surface area (Å²) >= 11 is 5.72. The number of piperidine rings is 1. The van der Waals surface area contributed by atoms with Crippen LogP contribution in [0.4, 0.5) is 15.8 Å². The largest absolute Gasteiger partial charge is 0.364 e. The highest BCUT2D eigenvalue weighted by molar-refractivity contribution is 6.31. The Labute approximate surface area is 115 Å². The molecule has 1 heterocycles. The van der Waals surface area contributed by atoms with Gasteiger partial charge in [-0.15, -0.1) is 0 Å². The van der Waals surface area contributed by atoms with Gasteiger partial charge in [0.25, 0.3) is 5.69 Å². The minimum absolute atomic E-state index is 0.0582. The fourth-order valence-electron chi connectivity index (χ4n) is 2.24. The van der Waals surface area contributed by atoms with Gasteiger partial charge in [0.1, 0.15) is 11.5 Å². The van der Waals surface area contributed by atoms with E-state index in [1.165, 1.54) is 6.07 Å². The second-order valence-corrected chi connectivity index (χ2v) is 5.30. The van der Waals surface area contributed by atoms with Crippen molar-refractivity contribution in [3.63, 3.8) is 0 Å². The summed E-state index contributed by atoms with van der Waals surface area (Å²) in [5.41, 5.74) is 6.04. The summed E-state index contributed by atoms with van der Waals surface area (Å²) in [6.07, 6.45) is 0.841. The van der Waals surface area contributed by atoms with Crippen molar-refractivity contribution in [2.24, 2.45) is 11.7 Å². The average molecular weight is 288 g/mol. The van der Waals surface area contributed by atoms with Crippen molar-refractivity contribution in [1.82, 2.24) is 0 Å². The molecule has 7 heteroatoms. The van der Waals surface area contributed by atoms with E-state index in [1.807, 2.05) is 6.92 Å². The fourth-order valence-corrected chi connectivity index (χ4v) is 2.40. The van der Waals surface area contributed by atoms with Gasteiger partial charge in [0, 0.05) is 19.1 Å². The quantitative estimate of drug-likeness (QED) is 0.670. The first kappa shape index (κ1) is 14.0. The zero-order chi connectivity index (χ0) is 14.2. The minimum Gasteiger partial charge on any atom is -0.364 e. The minimum atomic E-state index is -0.785. The van der Waals surface area contributed by atoms with Crippen molar-refractivity contribution in [1.29, 1.82) is 0 Å². The zero-order valence-corrected chi connectivity index (χ0v) is 11.2. The monoisotopic (exact) mass is 287 g/mol. The average Bonchev–Trinajstić information content (AvgIpc) is 2.35. The Kier molecular flexibility index (Phi) is 3.91. The standard InChI is InChI=1S/C12H15ClFN3O2/c1-7-2-3-16(6-10(7)15)11-4-8(13)9(14)5-12(11)17(18)19/h4-5,7,10H,2-3,6,15H2,1H3. The first-order valence-corrected chi connectivity index (χ1v) is 6.42. The van der Waals surface area contributed by atoms with E-state index in [-0.39, 0.29) is 16.8 Å². The van der Waals surface area contributed by atoms with Gasteiger partial charge in [0.05, 0.1) is 16.0 Å². The van der Waals surface area contributed by atoms with E-state index in [2.05, 4.69) is 0 Å². The maximum Gasteiger partial charge on any atom is 0.295 e. The number of anilines is 1. The molecule has 19 heavy (non-hydrogen) atoms. The van der Waals surface area contributed by atoms with E-state index in [0.717, 1.165) is 12.5 Å². The highest BCUT2D eigenvalue weighted by atomic mass is 35.5. The number of rotatable bonds is 2. The third kappa shape index (κ3) is 2.79. The number of hydrogen-bond acceptors (Lipinski definition) is 4. The van der Waals surface area contributed by atoms with Crippen molar-refractivity contribution in [2.45, 2.75) is 19.4 Å². The van der Waals surface area contributed by atoms with Crippen LogP contribution in [-0.4, -0.2) is 24.1 Å². The Morgan fingerprint density at radius 2 is 2.26 bits per heavy atom. The molecule has 0 radical (unpaired) electrons. The molecule has 1 aliphatic heterocycles. The van der Waals surface area contributed by atoms with Crippen LogP contribution in [0.25, 0.3) is 0 Å². The summed E-state index contributed by atoms with van der Waals surface area (Å²) in [6.45, 7) is 3.20. The molecule has 0 saturated carbocycles. The molecular weight excluding hydrogens is 273 g/mol. The molecule has 1 aromatic rings. The fraction of sp³-hybridized carbons (Fsp3) is 0.500. The maximum atomic E-state index is 13.3. The van der Waals surface area contributed by atoms with E-state index in [0.29, 0.717) is 24.7 Å². The molecular formula is C12H15ClFN3O2. The number of nitrogens with zero attached hydrogens (tertiary/aromatic N) is 2. The number of nitro groups is 1. The third-order valence-electron chi connectivity index (χ3n) is 3.57. The van der Waals surface area contributed by atoms with Crippen LogP contribution in [0.2, 0.25) is 5.02 Å². The lowest BCUT2D eigenvalue weighted by Crippen LogP contribution is -2.47. The summed E-state index contributed by atoms with van der Waals surface area (Å²) in [5, 5.41) is 10.9. The van der Waals surface area contributed by atoms with Crippen LogP contribution in [0.5, 0.6) is 0 Å². The molecule has 1 aliphatic rings. The van der Waals surface area contributed by atoms with E-state index in [1.54, 1.807) is 4.90 Å². The van der Waals surface area contributed by atoms with Gasteiger partial charge in [-0.25, -0.2) is 4.39 Å². The second kappa shape index (κ2) is 5.30. The van der Waals surface area contributed by atoms with E-state index < -0.39 is 10.7 Å². The molecule has 2 unspecified atom stereocenters. The van der Waals surface area contributed by atoms with Gasteiger partial charge >= 0.3 is 0 Å². The lowest BCUT2D eigenvalue weighted by Gasteiger charge is -2.36. The van der Waals surface area contributed by atoms with Crippen LogP contribution in [-0.2, 0) is 0 Å². The molecule has 1 fully saturated rings. The number of halogens is 2. The van der Waals surface area contributed by atoms with E-state index >= 15 is 0 Å². The Morgan fingerprint density at radius 3 is 2.84 bits per heavy atom. The highest BCUT2D eigenvalue weighted by Crippen LogP contribution is 2.35. The van der Waals surface area contributed by atoms with Crippen molar-refractivity contribution >= 4 is 23.0 Å². The molecule has 0 aliphatic carbocycles. The molecule has 0 amide bonds. The van der Waals surface area contributed by atoms with Crippen molar-refractivity contribution in [3.8, 4) is 0 Å². The van der Waals surface area contributed by atoms with Gasteiger partial charge in [-0.3, -0.25) is 10.1 Å². The van der Waals surface area contributed by atoms with Gasteiger partial charge in [0.15, 0.2) is 0 Å². The summed E-state index contributed by atoms with van der Waals surface area (Å²) in [5.74, 6) is -0.419. The number of nitro benzene ring substituents is 1. The van der Waals surface area contributed by atoms with Gasteiger partial charge in [-0.2, -0.15) is 0 Å². The van der Waals surface area contributed by atoms with Gasteiger partial charge in [-0.05, 0) is 18.4 Å². The predicted octanol–water partition coefficient (Wildman–Crippen LogP) is 2.56. The topological polar surface area (TPSA) is 72.4 Å². The van der Waals surface area contributed by atoms with Crippen LogP contribution >= 0.6 is 11.6 Å². The molecule has 2 rings (SSSR count). The van der Waals surface area contributed by atoms with E-state index in [9.17, 15) is 14.5 Å². The Bertz CT molecular complexity index is 512. The zero-order valence-electron chi connectivity index (χ0n) is 10.5. The molecule has 2 atom stereocenters. The van der Waals surface area contributed by atoms with Crippen LogP contribution in [0.15, 0.2) is 12.1 Å². The Hall–Kier alpha value is -1.40. The maximum absolute atomic E-state index is 13.3. The normalized spacial score (nSPS) is 23.5. The number of hydrogen-bond donors (Lipinski definition) is 1. The molecule has 5 nitrogen and oxygen atoms in total. The lowest BCUT2D eigenvalue weighted by atomic mass is 9.94. The molecule has 2 N–H and O–H groups in total. The van der Waals surface area contributed by atoms with Gasteiger partial charge in [-0.1, -0.05) is 18.5 Å². The lowest BCUT2D eigenvalue weighted by molar-refractivity contribution is -0.384. The molecule has 0 aromatic heterocycles. The van der Waals surface area contributed by atoms with Crippen LogP contribution in [0.1, 0.15) is 13.3 Å². The molecule has 1 saturated heterocycles. The number of benzene rings is 1. The van der Waals surface area contributed by atoms with Crippen LogP contribution in [0, 0.1) is 21.8 Å². The predicted molar refractivity (Wildman–Crippen MR) is 72.0 cm³/mol.